The molecule has 1 aliphatic rings. The number of hydrogen-bond donors (Lipinski definition) is 1. The molecular formula is C14H28N2O2. The smallest absolute Gasteiger partial charge is 0.407 e. The van der Waals surface area contributed by atoms with Crippen molar-refractivity contribution in [2.24, 2.45) is 5.92 Å². The summed E-state index contributed by atoms with van der Waals surface area (Å²) in [6.07, 6.45) is 3.24. The predicted molar refractivity (Wildman–Crippen MR) is 73.7 cm³/mol. The number of carbonyl (C=O) groups excluding carboxylic acids is 1. The molecule has 1 rings (SSSR count). The standard InChI is InChI=1S/C14H28N2O2/c1-5-9-16-10-7-12(11-16)6-8-15-13(17)18-14(2,3)4/h12H,5-11H2,1-4H3,(H,15,17). The number of hydrogen-bond acceptors (Lipinski definition) is 3. The van der Waals surface area contributed by atoms with E-state index >= 15 is 0 Å². The van der Waals surface area contributed by atoms with Crippen molar-refractivity contribution >= 4 is 6.09 Å². The van der Waals surface area contributed by atoms with E-state index in [0.717, 1.165) is 18.9 Å². The van der Waals surface area contributed by atoms with Gasteiger partial charge in [-0.3, -0.25) is 0 Å². The van der Waals surface area contributed by atoms with Gasteiger partial charge in [0.25, 0.3) is 0 Å². The van der Waals surface area contributed by atoms with Gasteiger partial charge in [0.2, 0.25) is 0 Å². The molecule has 1 heterocycles. The van der Waals surface area contributed by atoms with Gasteiger partial charge in [0.1, 0.15) is 5.60 Å². The van der Waals surface area contributed by atoms with Gasteiger partial charge in [-0.1, -0.05) is 6.92 Å². The predicted octanol–water partition coefficient (Wildman–Crippen LogP) is 2.63. The monoisotopic (exact) mass is 256 g/mol. The van der Waals surface area contributed by atoms with Crippen LogP contribution in [0.2, 0.25) is 0 Å². The van der Waals surface area contributed by atoms with Crippen molar-refractivity contribution in [2.45, 2.75) is 52.6 Å². The first kappa shape index (κ1) is 15.3. The van der Waals surface area contributed by atoms with Crippen LogP contribution in [0.15, 0.2) is 0 Å². The summed E-state index contributed by atoms with van der Waals surface area (Å²) >= 11 is 0. The molecule has 4 heteroatoms. The molecule has 0 aromatic rings. The zero-order valence-electron chi connectivity index (χ0n) is 12.3. The summed E-state index contributed by atoms with van der Waals surface area (Å²) in [6.45, 7) is 12.2. The molecule has 1 N–H and O–H groups in total. The molecule has 0 aromatic heterocycles. The van der Waals surface area contributed by atoms with Crippen LogP contribution in [-0.4, -0.2) is 42.8 Å². The van der Waals surface area contributed by atoms with Crippen molar-refractivity contribution in [3.05, 3.63) is 0 Å². The third kappa shape index (κ3) is 6.24. The Morgan fingerprint density at radius 1 is 1.44 bits per heavy atom. The Morgan fingerprint density at radius 3 is 2.78 bits per heavy atom. The second-order valence-corrected chi connectivity index (χ2v) is 6.17. The van der Waals surface area contributed by atoms with Crippen LogP contribution in [0.1, 0.15) is 47.0 Å². The van der Waals surface area contributed by atoms with Gasteiger partial charge < -0.3 is 15.0 Å². The van der Waals surface area contributed by atoms with Crippen LogP contribution in [0.3, 0.4) is 0 Å². The SMILES string of the molecule is CCCN1CCC(CCNC(=O)OC(C)(C)C)C1. The molecule has 0 aliphatic carbocycles. The van der Waals surface area contributed by atoms with E-state index in [1.165, 1.54) is 32.5 Å². The molecular weight excluding hydrogens is 228 g/mol. The van der Waals surface area contributed by atoms with Gasteiger partial charge >= 0.3 is 6.09 Å². The average molecular weight is 256 g/mol. The topological polar surface area (TPSA) is 41.6 Å². The van der Waals surface area contributed by atoms with Gasteiger partial charge in [-0.05, 0) is 59.0 Å². The molecule has 106 valence electrons. The van der Waals surface area contributed by atoms with Gasteiger partial charge in [0.05, 0.1) is 0 Å². The number of amides is 1. The van der Waals surface area contributed by atoms with E-state index in [-0.39, 0.29) is 6.09 Å². The van der Waals surface area contributed by atoms with Crippen molar-refractivity contribution in [3.63, 3.8) is 0 Å². The van der Waals surface area contributed by atoms with E-state index in [1.54, 1.807) is 0 Å². The van der Waals surface area contributed by atoms with Gasteiger partial charge in [-0.25, -0.2) is 4.79 Å². The molecule has 1 aliphatic heterocycles. The molecule has 1 atom stereocenters. The Balaban J connectivity index is 2.10. The zero-order chi connectivity index (χ0) is 13.6. The minimum Gasteiger partial charge on any atom is -0.444 e. The highest BCUT2D eigenvalue weighted by Crippen LogP contribution is 2.19. The number of alkyl carbamates (subject to hydrolysis) is 1. The molecule has 0 saturated carbocycles. The largest absolute Gasteiger partial charge is 0.444 e. The van der Waals surface area contributed by atoms with Gasteiger partial charge in [0, 0.05) is 13.1 Å². The number of ether oxygens (including phenoxy) is 1. The zero-order valence-corrected chi connectivity index (χ0v) is 12.3. The molecule has 0 aromatic carbocycles. The molecule has 0 bridgehead atoms. The lowest BCUT2D eigenvalue weighted by Gasteiger charge is -2.20. The Hall–Kier alpha value is -0.770. The van der Waals surface area contributed by atoms with E-state index in [9.17, 15) is 4.79 Å². The van der Waals surface area contributed by atoms with Gasteiger partial charge in [0.15, 0.2) is 0 Å². The summed E-state index contributed by atoms with van der Waals surface area (Å²) in [5.41, 5.74) is -0.407. The van der Waals surface area contributed by atoms with Crippen LogP contribution in [0.5, 0.6) is 0 Å². The summed E-state index contributed by atoms with van der Waals surface area (Å²) in [4.78, 5) is 14.0. The van der Waals surface area contributed by atoms with Crippen LogP contribution >= 0.6 is 0 Å². The maximum atomic E-state index is 11.5. The number of carbonyl (C=O) groups is 1. The van der Waals surface area contributed by atoms with E-state index in [2.05, 4.69) is 17.1 Å². The average Bonchev–Trinajstić information content (AvgIpc) is 2.63. The van der Waals surface area contributed by atoms with Crippen molar-refractivity contribution in [3.8, 4) is 0 Å². The lowest BCUT2D eigenvalue weighted by atomic mass is 10.1. The first-order valence-electron chi connectivity index (χ1n) is 7.10. The number of nitrogens with one attached hydrogen (secondary N) is 1. The van der Waals surface area contributed by atoms with Crippen LogP contribution in [0.4, 0.5) is 4.79 Å². The van der Waals surface area contributed by atoms with Gasteiger partial charge in [-0.2, -0.15) is 0 Å². The quantitative estimate of drug-likeness (QED) is 0.822. The third-order valence-corrected chi connectivity index (χ3v) is 3.13. The fraction of sp³-hybridized carbons (Fsp3) is 0.929. The van der Waals surface area contributed by atoms with E-state index in [1.807, 2.05) is 20.8 Å². The molecule has 0 spiro atoms. The summed E-state index contributed by atoms with van der Waals surface area (Å²) in [5, 5.41) is 2.83. The lowest BCUT2D eigenvalue weighted by Crippen LogP contribution is -2.33. The van der Waals surface area contributed by atoms with Gasteiger partial charge in [-0.15, -0.1) is 0 Å². The van der Waals surface area contributed by atoms with Crippen molar-refractivity contribution in [1.82, 2.24) is 10.2 Å². The normalized spacial score (nSPS) is 21.0. The van der Waals surface area contributed by atoms with Crippen molar-refractivity contribution in [1.29, 1.82) is 0 Å². The van der Waals surface area contributed by atoms with Crippen molar-refractivity contribution in [2.75, 3.05) is 26.2 Å². The van der Waals surface area contributed by atoms with E-state index < -0.39 is 5.60 Å². The van der Waals surface area contributed by atoms with Crippen LogP contribution in [0, 0.1) is 5.92 Å². The molecule has 0 radical (unpaired) electrons. The fourth-order valence-electron chi connectivity index (χ4n) is 2.36. The van der Waals surface area contributed by atoms with E-state index in [0.29, 0.717) is 0 Å². The highest BCUT2D eigenvalue weighted by Gasteiger charge is 2.22. The molecule has 1 saturated heterocycles. The van der Waals surface area contributed by atoms with Crippen molar-refractivity contribution < 1.29 is 9.53 Å². The molecule has 18 heavy (non-hydrogen) atoms. The lowest BCUT2D eigenvalue weighted by molar-refractivity contribution is 0.0525. The fourth-order valence-corrected chi connectivity index (χ4v) is 2.36. The second kappa shape index (κ2) is 6.98. The minimum atomic E-state index is -0.407. The highest BCUT2D eigenvalue weighted by atomic mass is 16.6. The maximum Gasteiger partial charge on any atom is 0.407 e. The first-order chi connectivity index (χ1) is 8.40. The number of likely N-dealkylation sites (tertiary alicyclic amines) is 1. The maximum absolute atomic E-state index is 11.5. The Morgan fingerprint density at radius 2 is 2.17 bits per heavy atom. The Bertz CT molecular complexity index is 261. The Labute approximate surface area is 111 Å². The summed E-state index contributed by atoms with van der Waals surface area (Å²) in [7, 11) is 0. The minimum absolute atomic E-state index is 0.300. The van der Waals surface area contributed by atoms with Crippen LogP contribution < -0.4 is 5.32 Å². The molecule has 4 nitrogen and oxygen atoms in total. The number of nitrogens with zero attached hydrogens (tertiary/aromatic N) is 1. The Kier molecular flexibility index (Phi) is 5.93. The summed E-state index contributed by atoms with van der Waals surface area (Å²) in [6, 6.07) is 0. The first-order valence-corrected chi connectivity index (χ1v) is 7.10. The molecule has 1 fully saturated rings. The van der Waals surface area contributed by atoms with Crippen LogP contribution in [0.25, 0.3) is 0 Å². The molecule has 1 unspecified atom stereocenters. The highest BCUT2D eigenvalue weighted by molar-refractivity contribution is 5.67. The number of rotatable bonds is 5. The summed E-state index contributed by atoms with van der Waals surface area (Å²) < 4.78 is 5.20. The van der Waals surface area contributed by atoms with Crippen LogP contribution in [-0.2, 0) is 4.74 Å². The third-order valence-electron chi connectivity index (χ3n) is 3.13. The summed E-state index contributed by atoms with van der Waals surface area (Å²) in [5.74, 6) is 0.728. The second-order valence-electron chi connectivity index (χ2n) is 6.17. The molecule has 1 amide bonds. The van der Waals surface area contributed by atoms with E-state index in [4.69, 9.17) is 4.74 Å².